The van der Waals surface area contributed by atoms with Gasteiger partial charge in [-0.2, -0.15) is 0 Å². The van der Waals surface area contributed by atoms with E-state index in [1.165, 1.54) is 0 Å². The first kappa shape index (κ1) is 13.2. The summed E-state index contributed by atoms with van der Waals surface area (Å²) in [4.78, 5) is 11.3. The molecule has 0 spiro atoms. The van der Waals surface area contributed by atoms with Crippen molar-refractivity contribution in [3.05, 3.63) is 23.8 Å². The zero-order chi connectivity index (χ0) is 13.2. The number of hydrogen-bond acceptors (Lipinski definition) is 3. The van der Waals surface area contributed by atoms with E-state index in [2.05, 4.69) is 5.32 Å². The summed E-state index contributed by atoms with van der Waals surface area (Å²) in [6.45, 7) is 5.01. The highest BCUT2D eigenvalue weighted by atomic mass is 19.1. The lowest BCUT2D eigenvalue weighted by Gasteiger charge is -2.19. The monoisotopic (exact) mass is 244 g/mol. The van der Waals surface area contributed by atoms with Crippen LogP contribution in [0.15, 0.2) is 12.1 Å². The van der Waals surface area contributed by atoms with Crippen LogP contribution in [-0.2, 0) is 4.74 Å². The van der Waals surface area contributed by atoms with Crippen LogP contribution in [0.4, 0.5) is 25.0 Å². The van der Waals surface area contributed by atoms with Crippen molar-refractivity contribution < 1.29 is 18.3 Å². The lowest BCUT2D eigenvalue weighted by molar-refractivity contribution is 0.0635. The Balaban J connectivity index is 2.83. The van der Waals surface area contributed by atoms with E-state index < -0.39 is 29.0 Å². The van der Waals surface area contributed by atoms with Crippen molar-refractivity contribution in [2.24, 2.45) is 0 Å². The molecule has 1 aromatic rings. The van der Waals surface area contributed by atoms with E-state index in [-0.39, 0.29) is 5.69 Å². The number of amides is 1. The zero-order valence-corrected chi connectivity index (χ0v) is 9.80. The van der Waals surface area contributed by atoms with Gasteiger partial charge in [-0.05, 0) is 32.9 Å². The molecule has 1 amide bonds. The zero-order valence-electron chi connectivity index (χ0n) is 9.80. The Kier molecular flexibility index (Phi) is 3.55. The fourth-order valence-electron chi connectivity index (χ4n) is 1.08. The van der Waals surface area contributed by atoms with Crippen LogP contribution in [-0.4, -0.2) is 11.7 Å². The second-order valence-electron chi connectivity index (χ2n) is 4.45. The van der Waals surface area contributed by atoms with E-state index in [4.69, 9.17) is 10.5 Å². The van der Waals surface area contributed by atoms with Crippen LogP contribution in [0.2, 0.25) is 0 Å². The van der Waals surface area contributed by atoms with Crippen molar-refractivity contribution in [1.29, 1.82) is 0 Å². The Labute approximate surface area is 97.8 Å². The summed E-state index contributed by atoms with van der Waals surface area (Å²) in [6, 6.07) is 2.04. The summed E-state index contributed by atoms with van der Waals surface area (Å²) >= 11 is 0. The molecule has 0 saturated carbocycles. The summed E-state index contributed by atoms with van der Waals surface area (Å²) < 4.78 is 31.2. The Morgan fingerprint density at radius 2 is 1.94 bits per heavy atom. The van der Waals surface area contributed by atoms with Gasteiger partial charge in [0.05, 0.1) is 5.69 Å². The second-order valence-corrected chi connectivity index (χ2v) is 4.45. The first-order valence-corrected chi connectivity index (χ1v) is 4.94. The molecule has 0 fully saturated rings. The minimum absolute atomic E-state index is 0.224. The molecule has 1 rings (SSSR count). The van der Waals surface area contributed by atoms with E-state index >= 15 is 0 Å². The van der Waals surface area contributed by atoms with Crippen LogP contribution in [0.1, 0.15) is 20.8 Å². The number of nitrogen functional groups attached to an aromatic ring is 1. The molecule has 6 heteroatoms. The number of nitrogens with one attached hydrogen (secondary N) is 1. The number of benzene rings is 1. The summed E-state index contributed by atoms with van der Waals surface area (Å²) in [6.07, 6.45) is -0.831. The van der Waals surface area contributed by atoms with Gasteiger partial charge < -0.3 is 10.5 Å². The van der Waals surface area contributed by atoms with Crippen LogP contribution >= 0.6 is 0 Å². The lowest BCUT2D eigenvalue weighted by Crippen LogP contribution is -2.27. The summed E-state index contributed by atoms with van der Waals surface area (Å²) in [7, 11) is 0. The fourth-order valence-corrected chi connectivity index (χ4v) is 1.08. The van der Waals surface area contributed by atoms with Gasteiger partial charge in [0.2, 0.25) is 0 Å². The molecule has 4 nitrogen and oxygen atoms in total. The molecule has 0 heterocycles. The number of carbonyl (C=O) groups is 1. The average Bonchev–Trinajstić information content (AvgIpc) is 2.16. The van der Waals surface area contributed by atoms with Crippen molar-refractivity contribution in [3.8, 4) is 0 Å². The summed E-state index contributed by atoms with van der Waals surface area (Å²) in [5.41, 5.74) is 3.58. The van der Waals surface area contributed by atoms with Crippen molar-refractivity contribution in [3.63, 3.8) is 0 Å². The van der Waals surface area contributed by atoms with Gasteiger partial charge in [0, 0.05) is 0 Å². The molecule has 0 radical (unpaired) electrons. The van der Waals surface area contributed by atoms with Gasteiger partial charge in [0.1, 0.15) is 17.1 Å². The first-order valence-electron chi connectivity index (χ1n) is 4.94. The molecule has 17 heavy (non-hydrogen) atoms. The van der Waals surface area contributed by atoms with Gasteiger partial charge in [-0.15, -0.1) is 0 Å². The summed E-state index contributed by atoms with van der Waals surface area (Å²) in [5, 5.41) is 2.15. The third kappa shape index (κ3) is 3.58. The molecular formula is C11H14F2N2O2. The van der Waals surface area contributed by atoms with Crippen LogP contribution in [0, 0.1) is 11.6 Å². The molecule has 0 saturated heterocycles. The van der Waals surface area contributed by atoms with E-state index in [1.807, 2.05) is 0 Å². The second kappa shape index (κ2) is 4.57. The van der Waals surface area contributed by atoms with E-state index in [0.29, 0.717) is 0 Å². The minimum atomic E-state index is -1.02. The number of anilines is 2. The molecule has 0 bridgehead atoms. The quantitative estimate of drug-likeness (QED) is 0.746. The molecule has 94 valence electrons. The average molecular weight is 244 g/mol. The van der Waals surface area contributed by atoms with Crippen LogP contribution in [0.3, 0.4) is 0 Å². The van der Waals surface area contributed by atoms with Gasteiger partial charge in [-0.1, -0.05) is 0 Å². The molecule has 0 atom stereocenters. The number of nitrogens with two attached hydrogens (primary N) is 1. The molecule has 0 aromatic heterocycles. The molecule has 3 N–H and O–H groups in total. The molecule has 0 aliphatic rings. The number of hydrogen-bond donors (Lipinski definition) is 2. The van der Waals surface area contributed by atoms with Crippen molar-refractivity contribution in [1.82, 2.24) is 0 Å². The Hall–Kier alpha value is -1.85. The summed E-state index contributed by atoms with van der Waals surface area (Å²) in [5.74, 6) is -1.90. The van der Waals surface area contributed by atoms with Gasteiger partial charge in [-0.3, -0.25) is 5.32 Å². The van der Waals surface area contributed by atoms with Crippen LogP contribution < -0.4 is 11.1 Å². The van der Waals surface area contributed by atoms with Crippen LogP contribution in [0.25, 0.3) is 0 Å². The highest BCUT2D eigenvalue weighted by molar-refractivity contribution is 5.85. The fraction of sp³-hybridized carbons (Fsp3) is 0.364. The van der Waals surface area contributed by atoms with Gasteiger partial charge in [0.25, 0.3) is 0 Å². The van der Waals surface area contributed by atoms with Crippen molar-refractivity contribution in [2.45, 2.75) is 26.4 Å². The molecular weight excluding hydrogens is 230 g/mol. The van der Waals surface area contributed by atoms with Gasteiger partial charge in [-0.25, -0.2) is 13.6 Å². The van der Waals surface area contributed by atoms with Gasteiger partial charge >= 0.3 is 6.09 Å². The van der Waals surface area contributed by atoms with E-state index in [9.17, 15) is 13.6 Å². The Bertz CT molecular complexity index is 442. The maximum Gasteiger partial charge on any atom is 0.412 e. The maximum atomic E-state index is 13.4. The van der Waals surface area contributed by atoms with Crippen molar-refractivity contribution in [2.75, 3.05) is 11.1 Å². The largest absolute Gasteiger partial charge is 0.444 e. The Morgan fingerprint density at radius 3 is 2.47 bits per heavy atom. The van der Waals surface area contributed by atoms with Crippen LogP contribution in [0.5, 0.6) is 0 Å². The molecule has 0 aliphatic carbocycles. The normalized spacial score (nSPS) is 11.1. The van der Waals surface area contributed by atoms with E-state index in [0.717, 1.165) is 12.1 Å². The standard InChI is InChI=1S/C11H14F2N2O2/c1-11(2,3)17-10(16)15-7-5-4-6(12)9(14)8(7)13/h4-5H,14H2,1-3H3,(H,15,16). The lowest BCUT2D eigenvalue weighted by atomic mass is 10.2. The molecule has 0 aliphatic heterocycles. The van der Waals surface area contributed by atoms with Gasteiger partial charge in [0.15, 0.2) is 5.82 Å². The maximum absolute atomic E-state index is 13.4. The first-order chi connectivity index (χ1) is 7.70. The molecule has 0 unspecified atom stereocenters. The topological polar surface area (TPSA) is 64.3 Å². The highest BCUT2D eigenvalue weighted by Crippen LogP contribution is 2.23. The predicted octanol–water partition coefficient (Wildman–Crippen LogP) is 2.89. The smallest absolute Gasteiger partial charge is 0.412 e. The highest BCUT2D eigenvalue weighted by Gasteiger charge is 2.18. The Morgan fingerprint density at radius 1 is 1.35 bits per heavy atom. The third-order valence-electron chi connectivity index (χ3n) is 1.76. The minimum Gasteiger partial charge on any atom is -0.444 e. The number of carbonyl (C=O) groups excluding carboxylic acids is 1. The predicted molar refractivity (Wildman–Crippen MR) is 60.6 cm³/mol. The SMILES string of the molecule is CC(C)(C)OC(=O)Nc1ccc(F)c(N)c1F. The van der Waals surface area contributed by atoms with E-state index in [1.54, 1.807) is 20.8 Å². The number of rotatable bonds is 1. The third-order valence-corrected chi connectivity index (χ3v) is 1.76. The van der Waals surface area contributed by atoms with Crippen molar-refractivity contribution >= 4 is 17.5 Å². The molecule has 1 aromatic carbocycles. The number of ether oxygens (including phenoxy) is 1. The number of halogens is 2.